The minimum Gasteiger partial charge on any atom is -0.337 e. The molecule has 0 aliphatic rings. The van der Waals surface area contributed by atoms with Crippen molar-refractivity contribution in [3.05, 3.63) is 39.2 Å². The average molecular weight is 277 g/mol. The third-order valence-electron chi connectivity index (χ3n) is 3.21. The molecule has 18 heavy (non-hydrogen) atoms. The van der Waals surface area contributed by atoms with Crippen LogP contribution in [0.2, 0.25) is 5.02 Å². The van der Waals surface area contributed by atoms with Crippen molar-refractivity contribution in [1.29, 1.82) is 0 Å². The molecule has 0 bridgehead atoms. The first-order valence-electron chi connectivity index (χ1n) is 5.77. The van der Waals surface area contributed by atoms with Gasteiger partial charge in [-0.1, -0.05) is 11.6 Å². The lowest BCUT2D eigenvalue weighted by Crippen LogP contribution is -1.79. The number of aromatic amines is 1. The summed E-state index contributed by atoms with van der Waals surface area (Å²) >= 11 is 7.91. The summed E-state index contributed by atoms with van der Waals surface area (Å²) in [4.78, 5) is 8.99. The Labute approximate surface area is 115 Å². The number of halogens is 1. The monoisotopic (exact) mass is 276 g/mol. The summed E-state index contributed by atoms with van der Waals surface area (Å²) in [6, 6.07) is 4.24. The Morgan fingerprint density at radius 1 is 1.11 bits per heavy atom. The molecule has 3 aromatic rings. The normalized spacial score (nSPS) is 11.3. The maximum Gasteiger partial charge on any atom is 0.150 e. The summed E-state index contributed by atoms with van der Waals surface area (Å²) in [5, 5.41) is 2.86. The first-order chi connectivity index (χ1) is 8.56. The third kappa shape index (κ3) is 1.74. The van der Waals surface area contributed by atoms with Crippen LogP contribution in [0.4, 0.5) is 0 Å². The Morgan fingerprint density at radius 3 is 2.50 bits per heavy atom. The Morgan fingerprint density at radius 2 is 1.83 bits per heavy atom. The molecule has 0 aliphatic heterocycles. The lowest BCUT2D eigenvalue weighted by molar-refractivity contribution is 1.35. The highest BCUT2D eigenvalue weighted by Crippen LogP contribution is 2.35. The Hall–Kier alpha value is -1.32. The van der Waals surface area contributed by atoms with E-state index in [0.29, 0.717) is 0 Å². The maximum absolute atomic E-state index is 6.28. The largest absolute Gasteiger partial charge is 0.337 e. The first-order valence-corrected chi connectivity index (χ1v) is 7.03. The fourth-order valence-electron chi connectivity index (χ4n) is 1.97. The topological polar surface area (TPSA) is 28.7 Å². The molecule has 2 nitrogen and oxygen atoms in total. The van der Waals surface area contributed by atoms with Gasteiger partial charge in [0.15, 0.2) is 0 Å². The van der Waals surface area contributed by atoms with Crippen molar-refractivity contribution in [2.75, 3.05) is 0 Å². The van der Waals surface area contributed by atoms with Crippen LogP contribution < -0.4 is 0 Å². The van der Waals surface area contributed by atoms with E-state index < -0.39 is 0 Å². The van der Waals surface area contributed by atoms with Gasteiger partial charge >= 0.3 is 0 Å². The maximum atomic E-state index is 6.28. The number of rotatable bonds is 1. The number of hydrogen-bond donors (Lipinski definition) is 1. The van der Waals surface area contributed by atoms with Crippen LogP contribution >= 0.6 is 22.9 Å². The lowest BCUT2D eigenvalue weighted by atomic mass is 10.1. The molecule has 92 valence electrons. The van der Waals surface area contributed by atoms with Gasteiger partial charge in [0.1, 0.15) is 5.82 Å². The van der Waals surface area contributed by atoms with Crippen LogP contribution in [-0.4, -0.2) is 9.97 Å². The second kappa shape index (κ2) is 4.11. The molecule has 2 aromatic heterocycles. The van der Waals surface area contributed by atoms with E-state index in [2.05, 4.69) is 41.3 Å². The van der Waals surface area contributed by atoms with Crippen LogP contribution in [0.3, 0.4) is 0 Å². The molecule has 0 unspecified atom stereocenters. The van der Waals surface area contributed by atoms with Gasteiger partial charge in [-0.2, -0.15) is 0 Å². The van der Waals surface area contributed by atoms with Crippen LogP contribution in [0.1, 0.15) is 16.7 Å². The summed E-state index contributed by atoms with van der Waals surface area (Å²) in [7, 11) is 0. The van der Waals surface area contributed by atoms with Gasteiger partial charge in [0.2, 0.25) is 0 Å². The second-order valence-electron chi connectivity index (χ2n) is 4.60. The summed E-state index contributed by atoms with van der Waals surface area (Å²) in [6.45, 7) is 6.22. The zero-order valence-electron chi connectivity index (χ0n) is 10.5. The van der Waals surface area contributed by atoms with Gasteiger partial charge in [0, 0.05) is 0 Å². The number of thiophene rings is 1. The van der Waals surface area contributed by atoms with Gasteiger partial charge in [0.25, 0.3) is 0 Å². The van der Waals surface area contributed by atoms with Crippen molar-refractivity contribution >= 4 is 34.0 Å². The Kier molecular flexibility index (Phi) is 2.68. The number of aromatic nitrogens is 2. The van der Waals surface area contributed by atoms with Gasteiger partial charge in [-0.05, 0) is 55.0 Å². The van der Waals surface area contributed by atoms with E-state index in [1.54, 1.807) is 11.3 Å². The zero-order chi connectivity index (χ0) is 12.9. The predicted octanol–water partition coefficient (Wildman–Crippen LogP) is 4.87. The molecule has 3 rings (SSSR count). The Bertz CT molecular complexity index is 701. The standard InChI is InChI=1S/C14H13ClN2S/c1-7-4-10-11(5-8(7)2)17-14(16-10)13-12(15)9(3)6-18-13/h4-6H,1-3H3,(H,16,17). The fourth-order valence-corrected chi connectivity index (χ4v) is 3.19. The van der Waals surface area contributed by atoms with Gasteiger partial charge in [-0.15, -0.1) is 11.3 Å². The molecule has 0 radical (unpaired) electrons. The highest BCUT2D eigenvalue weighted by Gasteiger charge is 2.13. The molecule has 2 heterocycles. The van der Waals surface area contributed by atoms with Crippen LogP contribution in [0.5, 0.6) is 0 Å². The molecule has 0 atom stereocenters. The van der Waals surface area contributed by atoms with E-state index in [4.69, 9.17) is 11.6 Å². The van der Waals surface area contributed by atoms with Gasteiger partial charge in [-0.25, -0.2) is 4.98 Å². The molecule has 0 saturated heterocycles. The molecule has 0 amide bonds. The van der Waals surface area contributed by atoms with Gasteiger partial charge < -0.3 is 4.98 Å². The van der Waals surface area contributed by atoms with Crippen molar-refractivity contribution in [2.24, 2.45) is 0 Å². The fraction of sp³-hybridized carbons (Fsp3) is 0.214. The van der Waals surface area contributed by atoms with Crippen LogP contribution in [-0.2, 0) is 0 Å². The molecule has 1 aromatic carbocycles. The number of hydrogen-bond acceptors (Lipinski definition) is 2. The summed E-state index contributed by atoms with van der Waals surface area (Å²) < 4.78 is 0. The molecule has 0 aliphatic carbocycles. The van der Waals surface area contributed by atoms with E-state index in [-0.39, 0.29) is 0 Å². The molecule has 0 saturated carbocycles. The van der Waals surface area contributed by atoms with Gasteiger partial charge in [0.05, 0.1) is 20.9 Å². The van der Waals surface area contributed by atoms with Crippen molar-refractivity contribution in [3.8, 4) is 10.7 Å². The molecular formula is C14H13ClN2S. The molecular weight excluding hydrogens is 264 g/mol. The number of benzene rings is 1. The Balaban J connectivity index is 2.22. The van der Waals surface area contributed by atoms with E-state index in [9.17, 15) is 0 Å². The van der Waals surface area contributed by atoms with E-state index in [1.165, 1.54) is 11.1 Å². The highest BCUT2D eigenvalue weighted by molar-refractivity contribution is 7.14. The number of nitrogens with one attached hydrogen (secondary N) is 1. The number of nitrogens with zero attached hydrogens (tertiary/aromatic N) is 1. The zero-order valence-corrected chi connectivity index (χ0v) is 12.0. The van der Waals surface area contributed by atoms with Crippen LogP contribution in [0.25, 0.3) is 21.7 Å². The molecule has 0 fully saturated rings. The quantitative estimate of drug-likeness (QED) is 0.675. The average Bonchev–Trinajstić information content (AvgIpc) is 2.85. The first kappa shape index (κ1) is 11.8. The highest BCUT2D eigenvalue weighted by atomic mass is 35.5. The van der Waals surface area contributed by atoms with E-state index in [0.717, 1.165) is 32.3 Å². The van der Waals surface area contributed by atoms with Crippen molar-refractivity contribution < 1.29 is 0 Å². The number of aryl methyl sites for hydroxylation is 3. The number of imidazole rings is 1. The minimum absolute atomic E-state index is 0.799. The van der Waals surface area contributed by atoms with E-state index in [1.807, 2.05) is 6.92 Å². The SMILES string of the molecule is Cc1cc2nc(-c3scc(C)c3Cl)[nH]c2cc1C. The van der Waals surface area contributed by atoms with Crippen molar-refractivity contribution in [3.63, 3.8) is 0 Å². The second-order valence-corrected chi connectivity index (χ2v) is 5.86. The lowest BCUT2D eigenvalue weighted by Gasteiger charge is -1.97. The molecule has 1 N–H and O–H groups in total. The third-order valence-corrected chi connectivity index (χ3v) is 4.92. The summed E-state index contributed by atoms with van der Waals surface area (Å²) in [5.41, 5.74) is 5.69. The molecule has 4 heteroatoms. The summed E-state index contributed by atoms with van der Waals surface area (Å²) in [6.07, 6.45) is 0. The summed E-state index contributed by atoms with van der Waals surface area (Å²) in [5.74, 6) is 0.859. The molecule has 0 spiro atoms. The van der Waals surface area contributed by atoms with Crippen molar-refractivity contribution in [1.82, 2.24) is 9.97 Å². The van der Waals surface area contributed by atoms with Crippen LogP contribution in [0, 0.1) is 20.8 Å². The van der Waals surface area contributed by atoms with E-state index >= 15 is 0 Å². The van der Waals surface area contributed by atoms with Gasteiger partial charge in [-0.3, -0.25) is 0 Å². The number of fused-ring (bicyclic) bond motifs is 1. The number of H-pyrrole nitrogens is 1. The predicted molar refractivity (Wildman–Crippen MR) is 78.6 cm³/mol. The van der Waals surface area contributed by atoms with Crippen molar-refractivity contribution in [2.45, 2.75) is 20.8 Å². The smallest absolute Gasteiger partial charge is 0.150 e. The minimum atomic E-state index is 0.799. The van der Waals surface area contributed by atoms with Crippen LogP contribution in [0.15, 0.2) is 17.5 Å².